The number of nitrogens with one attached hydrogen (secondary N) is 2. The Hall–Kier alpha value is -2.50. The molecule has 0 fully saturated rings. The largest absolute Gasteiger partial charge is 0.389 e. The van der Waals surface area contributed by atoms with E-state index in [1.165, 1.54) is 6.20 Å². The normalized spacial score (nSPS) is 10.3. The van der Waals surface area contributed by atoms with Crippen LogP contribution in [0.4, 0.5) is 5.69 Å². The summed E-state index contributed by atoms with van der Waals surface area (Å²) in [6, 6.07) is 8.90. The Morgan fingerprint density at radius 2 is 2.20 bits per heavy atom. The molecule has 1 aromatic carbocycles. The summed E-state index contributed by atoms with van der Waals surface area (Å²) in [5.74, 6) is -0.526. The monoisotopic (exact) mass is 288 g/mol. The van der Waals surface area contributed by atoms with Crippen molar-refractivity contribution in [2.24, 2.45) is 0 Å². The molecule has 1 amide bonds. The number of hydrogen-bond donors (Lipinski definition) is 2. The molecule has 0 unspecified atom stereocenters. The lowest BCUT2D eigenvalue weighted by Crippen LogP contribution is -2.17. The molecule has 0 aliphatic heterocycles. The van der Waals surface area contributed by atoms with E-state index in [0.717, 1.165) is 5.56 Å². The Kier molecular flexibility index (Phi) is 6.09. The smallest absolute Gasteiger partial charge is 0.267 e. The van der Waals surface area contributed by atoms with Gasteiger partial charge in [0.25, 0.3) is 5.91 Å². The van der Waals surface area contributed by atoms with Crippen LogP contribution in [0, 0.1) is 29.6 Å². The van der Waals surface area contributed by atoms with Gasteiger partial charge in [-0.25, -0.2) is 0 Å². The lowest BCUT2D eigenvalue weighted by Gasteiger charge is -2.08. The summed E-state index contributed by atoms with van der Waals surface area (Å²) in [7, 11) is 0. The molecule has 102 valence electrons. The average molecular weight is 289 g/mol. The van der Waals surface area contributed by atoms with Gasteiger partial charge >= 0.3 is 0 Å². The van der Waals surface area contributed by atoms with E-state index in [1.807, 2.05) is 6.07 Å². The standard InChI is InChI=1S/C14H13ClN4O/c1-10-12(15)4-2-5-13(10)19-14(20)11(8-17)9-18-7-3-6-16/h2,4-5,9,18H,3,7H2,1H3,(H,19,20)/b11-9-. The molecule has 0 aromatic heterocycles. The first-order chi connectivity index (χ1) is 9.60. The number of carbonyl (C=O) groups is 1. The van der Waals surface area contributed by atoms with E-state index in [9.17, 15) is 4.79 Å². The van der Waals surface area contributed by atoms with Crippen LogP contribution in [0.3, 0.4) is 0 Å². The van der Waals surface area contributed by atoms with Crippen molar-refractivity contribution in [3.63, 3.8) is 0 Å². The molecule has 0 atom stereocenters. The van der Waals surface area contributed by atoms with E-state index in [-0.39, 0.29) is 5.57 Å². The van der Waals surface area contributed by atoms with Crippen LogP contribution in [0.5, 0.6) is 0 Å². The number of halogens is 1. The second-order valence-electron chi connectivity index (χ2n) is 3.90. The molecule has 0 aliphatic rings. The quantitative estimate of drug-likeness (QED) is 0.495. The second kappa shape index (κ2) is 7.83. The maximum absolute atomic E-state index is 11.9. The molecule has 0 bridgehead atoms. The summed E-state index contributed by atoms with van der Waals surface area (Å²) in [5.41, 5.74) is 1.22. The predicted molar refractivity (Wildman–Crippen MR) is 76.7 cm³/mol. The molecule has 0 radical (unpaired) electrons. The molecule has 2 N–H and O–H groups in total. The Labute approximate surface area is 122 Å². The minimum Gasteiger partial charge on any atom is -0.389 e. The summed E-state index contributed by atoms with van der Waals surface area (Å²) in [6.45, 7) is 2.16. The number of carbonyl (C=O) groups excluding carboxylic acids is 1. The van der Waals surface area contributed by atoms with Gasteiger partial charge in [-0.1, -0.05) is 17.7 Å². The van der Waals surface area contributed by atoms with Gasteiger partial charge in [-0.15, -0.1) is 0 Å². The van der Waals surface area contributed by atoms with Gasteiger partial charge in [-0.05, 0) is 24.6 Å². The zero-order chi connectivity index (χ0) is 15.0. The van der Waals surface area contributed by atoms with Gasteiger partial charge < -0.3 is 10.6 Å². The highest BCUT2D eigenvalue weighted by Crippen LogP contribution is 2.23. The lowest BCUT2D eigenvalue weighted by atomic mass is 10.2. The Bertz CT molecular complexity index is 611. The third-order valence-electron chi connectivity index (χ3n) is 2.51. The molecule has 1 aromatic rings. The molecule has 0 spiro atoms. The highest BCUT2D eigenvalue weighted by molar-refractivity contribution is 6.31. The van der Waals surface area contributed by atoms with Crippen molar-refractivity contribution in [1.29, 1.82) is 10.5 Å². The van der Waals surface area contributed by atoms with Gasteiger partial charge in [0.2, 0.25) is 0 Å². The molecule has 1 rings (SSSR count). The maximum atomic E-state index is 11.9. The highest BCUT2D eigenvalue weighted by Gasteiger charge is 2.11. The highest BCUT2D eigenvalue weighted by atomic mass is 35.5. The molecular weight excluding hydrogens is 276 g/mol. The van der Waals surface area contributed by atoms with E-state index in [0.29, 0.717) is 23.7 Å². The zero-order valence-corrected chi connectivity index (χ0v) is 11.7. The van der Waals surface area contributed by atoms with E-state index in [1.54, 1.807) is 31.2 Å². The summed E-state index contributed by atoms with van der Waals surface area (Å²) in [4.78, 5) is 11.9. The van der Waals surface area contributed by atoms with Crippen molar-refractivity contribution in [2.75, 3.05) is 11.9 Å². The first-order valence-corrected chi connectivity index (χ1v) is 6.25. The first kappa shape index (κ1) is 15.6. The number of hydrogen-bond acceptors (Lipinski definition) is 4. The number of nitrogens with zero attached hydrogens (tertiary/aromatic N) is 2. The number of nitriles is 2. The number of benzene rings is 1. The van der Waals surface area contributed by atoms with Gasteiger partial charge in [0, 0.05) is 23.5 Å². The fourth-order valence-corrected chi connectivity index (χ4v) is 1.56. The van der Waals surface area contributed by atoms with Crippen molar-refractivity contribution in [2.45, 2.75) is 13.3 Å². The molecule has 6 heteroatoms. The topological polar surface area (TPSA) is 88.7 Å². The van der Waals surface area contributed by atoms with Crippen molar-refractivity contribution < 1.29 is 4.79 Å². The molecule has 0 aliphatic carbocycles. The number of amides is 1. The molecule has 20 heavy (non-hydrogen) atoms. The minimum absolute atomic E-state index is 0.0673. The van der Waals surface area contributed by atoms with Crippen molar-refractivity contribution in [3.05, 3.63) is 40.6 Å². The van der Waals surface area contributed by atoms with Crippen molar-refractivity contribution in [1.82, 2.24) is 5.32 Å². The van der Waals surface area contributed by atoms with E-state index in [2.05, 4.69) is 10.6 Å². The average Bonchev–Trinajstić information content (AvgIpc) is 2.44. The Morgan fingerprint density at radius 1 is 1.45 bits per heavy atom. The third kappa shape index (κ3) is 4.31. The van der Waals surface area contributed by atoms with Crippen molar-refractivity contribution >= 4 is 23.2 Å². The maximum Gasteiger partial charge on any atom is 0.267 e. The van der Waals surface area contributed by atoms with Crippen LogP contribution in [0.25, 0.3) is 0 Å². The van der Waals surface area contributed by atoms with E-state index >= 15 is 0 Å². The van der Waals surface area contributed by atoms with Crippen LogP contribution in [-0.4, -0.2) is 12.5 Å². The molecule has 5 nitrogen and oxygen atoms in total. The molecule has 0 heterocycles. The number of rotatable bonds is 5. The second-order valence-corrected chi connectivity index (χ2v) is 4.31. The molecular formula is C14H13ClN4O. The van der Waals surface area contributed by atoms with Crippen LogP contribution in [-0.2, 0) is 4.79 Å². The van der Waals surface area contributed by atoms with Crippen LogP contribution in [0.1, 0.15) is 12.0 Å². The summed E-state index contributed by atoms with van der Waals surface area (Å²) >= 11 is 5.96. The molecule has 0 saturated heterocycles. The van der Waals surface area contributed by atoms with E-state index in [4.69, 9.17) is 22.1 Å². The van der Waals surface area contributed by atoms with Crippen LogP contribution in [0.2, 0.25) is 5.02 Å². The number of anilines is 1. The van der Waals surface area contributed by atoms with Gasteiger partial charge in [-0.3, -0.25) is 4.79 Å². The summed E-state index contributed by atoms with van der Waals surface area (Å²) in [5, 5.41) is 23.2. The van der Waals surface area contributed by atoms with Gasteiger partial charge in [0.15, 0.2) is 0 Å². The third-order valence-corrected chi connectivity index (χ3v) is 2.92. The SMILES string of the molecule is Cc1c(Cl)cccc1NC(=O)/C(C#N)=C\NCCC#N. The predicted octanol–water partition coefficient (Wildman–Crippen LogP) is 2.50. The Balaban J connectivity index is 2.76. The fourth-order valence-electron chi connectivity index (χ4n) is 1.38. The first-order valence-electron chi connectivity index (χ1n) is 5.87. The lowest BCUT2D eigenvalue weighted by molar-refractivity contribution is -0.112. The van der Waals surface area contributed by atoms with Gasteiger partial charge in [-0.2, -0.15) is 10.5 Å². The fraction of sp³-hybridized carbons (Fsp3) is 0.214. The van der Waals surface area contributed by atoms with Gasteiger partial charge in [0.05, 0.1) is 12.5 Å². The summed E-state index contributed by atoms with van der Waals surface area (Å²) in [6.07, 6.45) is 1.59. The van der Waals surface area contributed by atoms with Crippen LogP contribution < -0.4 is 10.6 Å². The minimum atomic E-state index is -0.526. The summed E-state index contributed by atoms with van der Waals surface area (Å²) < 4.78 is 0. The van der Waals surface area contributed by atoms with Gasteiger partial charge in [0.1, 0.15) is 11.6 Å². The zero-order valence-electron chi connectivity index (χ0n) is 10.9. The van der Waals surface area contributed by atoms with Crippen LogP contribution >= 0.6 is 11.6 Å². The van der Waals surface area contributed by atoms with E-state index < -0.39 is 5.91 Å². The molecule has 0 saturated carbocycles. The van der Waals surface area contributed by atoms with Crippen LogP contribution in [0.15, 0.2) is 30.0 Å². The van der Waals surface area contributed by atoms with Crippen molar-refractivity contribution in [3.8, 4) is 12.1 Å². The Morgan fingerprint density at radius 3 is 2.85 bits per heavy atom.